The van der Waals surface area contributed by atoms with Crippen molar-refractivity contribution in [3.8, 4) is 6.07 Å². The summed E-state index contributed by atoms with van der Waals surface area (Å²) in [6.45, 7) is 4.99. The second-order valence-corrected chi connectivity index (χ2v) is 8.43. The minimum absolute atomic E-state index is 0.0448. The van der Waals surface area contributed by atoms with E-state index in [1.54, 1.807) is 0 Å². The van der Waals surface area contributed by atoms with Crippen LogP contribution in [0.5, 0.6) is 0 Å². The first-order valence-corrected chi connectivity index (χ1v) is 9.79. The van der Waals surface area contributed by atoms with E-state index in [4.69, 9.17) is 0 Å². The van der Waals surface area contributed by atoms with Crippen molar-refractivity contribution in [1.82, 2.24) is 9.97 Å². The molecule has 9 heteroatoms. The molecule has 0 aromatic carbocycles. The molecule has 2 aromatic rings. The molecule has 0 spiro atoms. The topological polar surface area (TPSA) is 109 Å². The van der Waals surface area contributed by atoms with Gasteiger partial charge in [-0.05, 0) is 24.2 Å². The van der Waals surface area contributed by atoms with Crippen LogP contribution in [0.1, 0.15) is 49.7 Å². The number of aliphatic hydroxyl groups excluding tert-OH is 1. The van der Waals surface area contributed by atoms with Crippen LogP contribution in [0.15, 0.2) is 24.7 Å². The van der Waals surface area contributed by atoms with Gasteiger partial charge in [-0.3, -0.25) is 0 Å². The molecule has 0 saturated heterocycles. The minimum Gasteiger partial charge on any atom is -0.619 e. The van der Waals surface area contributed by atoms with E-state index in [1.807, 2.05) is 13.8 Å². The van der Waals surface area contributed by atoms with Gasteiger partial charge in [0.25, 0.3) is 5.92 Å². The Kier molecular flexibility index (Phi) is 5.90. The Balaban J connectivity index is 1.79. The van der Waals surface area contributed by atoms with E-state index in [-0.39, 0.29) is 48.0 Å². The van der Waals surface area contributed by atoms with Crippen LogP contribution in [-0.4, -0.2) is 27.7 Å². The molecule has 0 bridgehead atoms. The molecule has 1 aliphatic carbocycles. The first-order valence-electron chi connectivity index (χ1n) is 9.79. The van der Waals surface area contributed by atoms with E-state index in [9.17, 15) is 24.4 Å². The Labute approximate surface area is 174 Å². The zero-order valence-electron chi connectivity index (χ0n) is 17.2. The van der Waals surface area contributed by atoms with Gasteiger partial charge in [0.1, 0.15) is 23.3 Å². The summed E-state index contributed by atoms with van der Waals surface area (Å²) in [6, 6.07) is 3.23. The lowest BCUT2D eigenvalue weighted by Gasteiger charge is -2.52. The van der Waals surface area contributed by atoms with Crippen molar-refractivity contribution >= 4 is 5.82 Å². The van der Waals surface area contributed by atoms with Gasteiger partial charge >= 0.3 is 0 Å². The van der Waals surface area contributed by atoms with Crippen LogP contribution in [0.4, 0.5) is 14.6 Å². The molecule has 1 aliphatic rings. The van der Waals surface area contributed by atoms with Crippen LogP contribution < -0.4 is 10.0 Å². The molecule has 2 atom stereocenters. The summed E-state index contributed by atoms with van der Waals surface area (Å²) < 4.78 is 28.2. The highest BCUT2D eigenvalue weighted by Gasteiger charge is 2.47. The molecule has 0 aliphatic heterocycles. The number of nitriles is 1. The molecule has 30 heavy (non-hydrogen) atoms. The average Bonchev–Trinajstić information content (AvgIpc) is 2.68. The standard InChI is InChI=1S/C21H25F2N5O2/c1-20(2)15(12-29)8-17(20)26-19-14(9-24)10-25-18(27-19)5-4-13-11-28(30)7-6-16(13)21(3,22)23/h6-7,10-11,15,17,29H,4-5,8,12H2,1-3H3,(H,25,26,27)/t15-,17-/m1/s1. The second kappa shape index (κ2) is 8.11. The summed E-state index contributed by atoms with van der Waals surface area (Å²) in [6.07, 6.45) is 4.76. The lowest BCUT2D eigenvalue weighted by atomic mass is 9.59. The SMILES string of the molecule is CC(F)(F)c1cc[n+]([O-])cc1CCc1ncc(C#N)c(N[C@@H]2C[C@H](CO)C2(C)C)n1. The van der Waals surface area contributed by atoms with Crippen LogP contribution in [0, 0.1) is 27.9 Å². The Hall–Kier alpha value is -2.86. The first-order chi connectivity index (χ1) is 14.1. The molecule has 2 aromatic heterocycles. The summed E-state index contributed by atoms with van der Waals surface area (Å²) in [5.74, 6) is -2.11. The van der Waals surface area contributed by atoms with E-state index >= 15 is 0 Å². The molecule has 1 fully saturated rings. The molecule has 2 N–H and O–H groups in total. The summed E-state index contributed by atoms with van der Waals surface area (Å²) in [5, 5.41) is 33.7. The molecule has 0 radical (unpaired) electrons. The quantitative estimate of drug-likeness (QED) is 0.530. The number of aliphatic hydroxyl groups is 1. The van der Waals surface area contributed by atoms with Gasteiger partial charge in [0, 0.05) is 43.2 Å². The first kappa shape index (κ1) is 21.8. The third kappa shape index (κ3) is 4.33. The number of rotatable bonds is 7. The van der Waals surface area contributed by atoms with Crippen molar-refractivity contribution in [2.45, 2.75) is 52.0 Å². The maximum atomic E-state index is 13.9. The van der Waals surface area contributed by atoms with E-state index in [2.05, 4.69) is 21.4 Å². The zero-order chi connectivity index (χ0) is 22.1. The molecule has 7 nitrogen and oxygen atoms in total. The molecular weight excluding hydrogens is 392 g/mol. The predicted octanol–water partition coefficient (Wildman–Crippen LogP) is 2.70. The number of anilines is 1. The van der Waals surface area contributed by atoms with E-state index in [0.717, 1.165) is 31.8 Å². The zero-order valence-corrected chi connectivity index (χ0v) is 17.2. The maximum Gasteiger partial charge on any atom is 0.271 e. The van der Waals surface area contributed by atoms with Crippen molar-refractivity contribution in [2.24, 2.45) is 11.3 Å². The van der Waals surface area contributed by atoms with Gasteiger partial charge in [-0.1, -0.05) is 13.8 Å². The number of aryl methyl sites for hydroxylation is 2. The highest BCUT2D eigenvalue weighted by atomic mass is 19.3. The number of nitrogens with one attached hydrogen (secondary N) is 1. The van der Waals surface area contributed by atoms with Crippen molar-refractivity contribution < 1.29 is 18.6 Å². The van der Waals surface area contributed by atoms with Crippen molar-refractivity contribution in [3.63, 3.8) is 0 Å². The summed E-state index contributed by atoms with van der Waals surface area (Å²) >= 11 is 0. The number of hydrogen-bond acceptors (Lipinski definition) is 6. The number of halogens is 2. The van der Waals surface area contributed by atoms with Gasteiger partial charge in [-0.15, -0.1) is 0 Å². The third-order valence-electron chi connectivity index (χ3n) is 6.07. The van der Waals surface area contributed by atoms with Crippen LogP contribution in [0.2, 0.25) is 0 Å². The fourth-order valence-electron chi connectivity index (χ4n) is 3.86. The monoisotopic (exact) mass is 417 g/mol. The van der Waals surface area contributed by atoms with Crippen LogP contribution in [0.25, 0.3) is 0 Å². The van der Waals surface area contributed by atoms with E-state index in [0.29, 0.717) is 21.9 Å². The van der Waals surface area contributed by atoms with Gasteiger partial charge < -0.3 is 15.6 Å². The summed E-state index contributed by atoms with van der Waals surface area (Å²) in [5.41, 5.74) is 0.168. The fourth-order valence-corrected chi connectivity index (χ4v) is 3.86. The molecule has 2 heterocycles. The Bertz CT molecular complexity index is 969. The van der Waals surface area contributed by atoms with Gasteiger partial charge in [-0.25, -0.2) is 18.7 Å². The van der Waals surface area contributed by atoms with Crippen molar-refractivity contribution in [1.29, 1.82) is 5.26 Å². The van der Waals surface area contributed by atoms with Gasteiger partial charge in [0.2, 0.25) is 0 Å². The third-order valence-corrected chi connectivity index (χ3v) is 6.07. The number of alkyl halides is 2. The Morgan fingerprint density at radius 3 is 2.77 bits per heavy atom. The Morgan fingerprint density at radius 2 is 2.17 bits per heavy atom. The summed E-state index contributed by atoms with van der Waals surface area (Å²) in [7, 11) is 0. The molecule has 3 rings (SSSR count). The average molecular weight is 417 g/mol. The maximum absolute atomic E-state index is 13.9. The minimum atomic E-state index is -3.07. The van der Waals surface area contributed by atoms with E-state index in [1.165, 1.54) is 6.20 Å². The summed E-state index contributed by atoms with van der Waals surface area (Å²) in [4.78, 5) is 8.60. The van der Waals surface area contributed by atoms with Gasteiger partial charge in [0.15, 0.2) is 12.4 Å². The van der Waals surface area contributed by atoms with Crippen LogP contribution in [-0.2, 0) is 18.8 Å². The number of aromatic nitrogens is 3. The van der Waals surface area contributed by atoms with Crippen molar-refractivity contribution in [3.05, 3.63) is 52.4 Å². The fraction of sp³-hybridized carbons (Fsp3) is 0.524. The lowest BCUT2D eigenvalue weighted by molar-refractivity contribution is -0.606. The normalized spacial score (nSPS) is 20.3. The Morgan fingerprint density at radius 1 is 1.43 bits per heavy atom. The largest absolute Gasteiger partial charge is 0.619 e. The van der Waals surface area contributed by atoms with Gasteiger partial charge in [0.05, 0.1) is 6.20 Å². The van der Waals surface area contributed by atoms with Crippen LogP contribution >= 0.6 is 0 Å². The van der Waals surface area contributed by atoms with E-state index < -0.39 is 5.92 Å². The van der Waals surface area contributed by atoms with Gasteiger partial charge in [-0.2, -0.15) is 9.99 Å². The number of nitrogens with zero attached hydrogens (tertiary/aromatic N) is 4. The second-order valence-electron chi connectivity index (χ2n) is 8.43. The smallest absolute Gasteiger partial charge is 0.271 e. The highest BCUT2D eigenvalue weighted by molar-refractivity contribution is 5.52. The molecule has 0 amide bonds. The highest BCUT2D eigenvalue weighted by Crippen LogP contribution is 2.47. The molecule has 0 unspecified atom stereocenters. The molecule has 160 valence electrons. The number of pyridine rings is 1. The molecule has 1 saturated carbocycles. The van der Waals surface area contributed by atoms with Crippen LogP contribution in [0.3, 0.4) is 0 Å². The lowest BCUT2D eigenvalue weighted by Crippen LogP contribution is -2.54. The molecular formula is C21H25F2N5O2. The van der Waals surface area contributed by atoms with Crippen molar-refractivity contribution in [2.75, 3.05) is 11.9 Å². The number of hydrogen-bond donors (Lipinski definition) is 2. The predicted molar refractivity (Wildman–Crippen MR) is 106 cm³/mol.